The minimum Gasteiger partial charge on any atom is -0.484 e. The number of benzene rings is 2. The van der Waals surface area contributed by atoms with Gasteiger partial charge in [0.1, 0.15) is 5.75 Å². The third-order valence-electron chi connectivity index (χ3n) is 3.26. The van der Waals surface area contributed by atoms with Crippen LogP contribution in [-0.4, -0.2) is 24.4 Å². The number of hydrogen-bond acceptors (Lipinski definition) is 5. The minimum absolute atomic E-state index is 0.181. The van der Waals surface area contributed by atoms with Crippen molar-refractivity contribution >= 4 is 35.5 Å². The largest absolute Gasteiger partial charge is 0.484 e. The first-order valence-corrected chi connectivity index (χ1v) is 7.69. The maximum absolute atomic E-state index is 12.0. The average Bonchev–Trinajstić information content (AvgIpc) is 2.95. The van der Waals surface area contributed by atoms with Gasteiger partial charge in [-0.05, 0) is 42.0 Å². The number of nitrogens with two attached hydrogens (primary N) is 1. The smallest absolute Gasteiger partial charge is 0.363 e. The van der Waals surface area contributed by atoms with Gasteiger partial charge in [0.15, 0.2) is 12.3 Å². The molecule has 0 unspecified atom stereocenters. The lowest BCUT2D eigenvalue weighted by atomic mass is 10.2. The summed E-state index contributed by atoms with van der Waals surface area (Å²) in [5.41, 5.74) is 6.55. The number of rotatable bonds is 5. The first kappa shape index (κ1) is 16.7. The second-order valence-electron chi connectivity index (χ2n) is 5.17. The molecule has 3 rings (SSSR count). The number of nitrogens with zero attached hydrogens (tertiary/aromatic N) is 1. The zero-order valence-electron chi connectivity index (χ0n) is 12.9. The molecular formula is C18H13ClN2O4. The number of primary amides is 1. The predicted molar refractivity (Wildman–Crippen MR) is 93.2 cm³/mol. The molecule has 1 heterocycles. The van der Waals surface area contributed by atoms with Crippen LogP contribution in [-0.2, 0) is 14.3 Å². The summed E-state index contributed by atoms with van der Waals surface area (Å²) in [5, 5.41) is 0.528. The van der Waals surface area contributed by atoms with Crippen LogP contribution >= 0.6 is 11.6 Å². The summed E-state index contributed by atoms with van der Waals surface area (Å²) >= 11 is 5.93. The number of amides is 1. The molecule has 126 valence electrons. The van der Waals surface area contributed by atoms with Crippen LogP contribution in [0.5, 0.6) is 5.75 Å². The lowest BCUT2D eigenvalue weighted by molar-refractivity contribution is -0.130. The maximum atomic E-state index is 12.0. The van der Waals surface area contributed by atoms with Gasteiger partial charge in [-0.2, -0.15) is 0 Å². The van der Waals surface area contributed by atoms with E-state index in [4.69, 9.17) is 26.8 Å². The normalized spacial score (nSPS) is 15.0. The fourth-order valence-corrected chi connectivity index (χ4v) is 2.32. The Kier molecular flexibility index (Phi) is 4.81. The van der Waals surface area contributed by atoms with Gasteiger partial charge in [0.2, 0.25) is 5.90 Å². The molecular weight excluding hydrogens is 344 g/mol. The molecule has 0 aliphatic carbocycles. The van der Waals surface area contributed by atoms with Crippen molar-refractivity contribution < 1.29 is 19.1 Å². The van der Waals surface area contributed by atoms with Crippen LogP contribution in [0.2, 0.25) is 5.02 Å². The standard InChI is InChI=1S/C18H13ClN2O4/c19-13-3-1-2-12(9-13)17-21-15(18(23)25-17)8-11-4-6-14(7-5-11)24-10-16(20)22/h1-9H,10H2,(H2,20,22)/b15-8-. The third-order valence-corrected chi connectivity index (χ3v) is 3.49. The molecule has 6 nitrogen and oxygen atoms in total. The fraction of sp³-hybridized carbons (Fsp3) is 0.0556. The second-order valence-corrected chi connectivity index (χ2v) is 5.61. The van der Waals surface area contributed by atoms with E-state index in [-0.39, 0.29) is 18.2 Å². The first-order valence-electron chi connectivity index (χ1n) is 7.31. The molecule has 0 aromatic heterocycles. The fourth-order valence-electron chi connectivity index (χ4n) is 2.13. The maximum Gasteiger partial charge on any atom is 0.363 e. The van der Waals surface area contributed by atoms with Crippen LogP contribution < -0.4 is 10.5 Å². The minimum atomic E-state index is -0.553. The van der Waals surface area contributed by atoms with E-state index in [1.807, 2.05) is 0 Å². The zero-order valence-corrected chi connectivity index (χ0v) is 13.7. The van der Waals surface area contributed by atoms with Gasteiger partial charge in [-0.15, -0.1) is 0 Å². The molecule has 0 spiro atoms. The molecule has 1 amide bonds. The van der Waals surface area contributed by atoms with E-state index in [9.17, 15) is 9.59 Å². The van der Waals surface area contributed by atoms with Gasteiger partial charge in [-0.25, -0.2) is 9.79 Å². The van der Waals surface area contributed by atoms with Gasteiger partial charge < -0.3 is 15.2 Å². The molecule has 0 fully saturated rings. The van der Waals surface area contributed by atoms with E-state index in [1.54, 1.807) is 54.6 Å². The number of halogens is 1. The molecule has 7 heteroatoms. The predicted octanol–water partition coefficient (Wildman–Crippen LogP) is 2.55. The Morgan fingerprint density at radius 1 is 1.24 bits per heavy atom. The highest BCUT2D eigenvalue weighted by atomic mass is 35.5. The van der Waals surface area contributed by atoms with Gasteiger partial charge in [0, 0.05) is 10.6 Å². The Labute approximate surface area is 148 Å². The van der Waals surface area contributed by atoms with Crippen molar-refractivity contribution in [2.75, 3.05) is 6.61 Å². The van der Waals surface area contributed by atoms with E-state index in [2.05, 4.69) is 4.99 Å². The van der Waals surface area contributed by atoms with Crippen molar-refractivity contribution in [2.24, 2.45) is 10.7 Å². The van der Waals surface area contributed by atoms with Crippen LogP contribution in [0.15, 0.2) is 59.2 Å². The molecule has 0 saturated carbocycles. The summed E-state index contributed by atoms with van der Waals surface area (Å²) in [6.45, 7) is -0.194. The summed E-state index contributed by atoms with van der Waals surface area (Å²) in [6.07, 6.45) is 1.59. The van der Waals surface area contributed by atoms with E-state index in [1.165, 1.54) is 0 Å². The first-order chi connectivity index (χ1) is 12.0. The van der Waals surface area contributed by atoms with E-state index >= 15 is 0 Å². The number of carbonyl (C=O) groups excluding carboxylic acids is 2. The van der Waals surface area contributed by atoms with E-state index < -0.39 is 11.9 Å². The number of hydrogen-bond donors (Lipinski definition) is 1. The zero-order chi connectivity index (χ0) is 17.8. The number of cyclic esters (lactones) is 1. The number of esters is 1. The highest BCUT2D eigenvalue weighted by Gasteiger charge is 2.24. The quantitative estimate of drug-likeness (QED) is 0.658. The van der Waals surface area contributed by atoms with Gasteiger partial charge in [-0.1, -0.05) is 29.8 Å². The number of carbonyl (C=O) groups is 2. The van der Waals surface area contributed by atoms with Crippen LogP contribution in [0, 0.1) is 0 Å². The average molecular weight is 357 g/mol. The van der Waals surface area contributed by atoms with Crippen LogP contribution in [0.4, 0.5) is 0 Å². The third kappa shape index (κ3) is 4.24. The topological polar surface area (TPSA) is 91.0 Å². The highest BCUT2D eigenvalue weighted by Crippen LogP contribution is 2.21. The molecule has 0 saturated heterocycles. The van der Waals surface area contributed by atoms with Crippen molar-refractivity contribution in [3.63, 3.8) is 0 Å². The van der Waals surface area contributed by atoms with Crippen molar-refractivity contribution in [2.45, 2.75) is 0 Å². The summed E-state index contributed by atoms with van der Waals surface area (Å²) in [5.74, 6) is -0.384. The molecule has 2 aromatic carbocycles. The second kappa shape index (κ2) is 7.19. The van der Waals surface area contributed by atoms with Crippen LogP contribution in [0.25, 0.3) is 6.08 Å². The highest BCUT2D eigenvalue weighted by molar-refractivity contribution is 6.31. The van der Waals surface area contributed by atoms with Gasteiger partial charge in [0.25, 0.3) is 5.91 Å². The monoisotopic (exact) mass is 356 g/mol. The molecule has 2 aromatic rings. The molecule has 1 aliphatic rings. The number of ether oxygens (including phenoxy) is 2. The summed E-state index contributed by atoms with van der Waals surface area (Å²) < 4.78 is 10.4. The molecule has 2 N–H and O–H groups in total. The van der Waals surface area contributed by atoms with E-state index in [0.29, 0.717) is 16.3 Å². The van der Waals surface area contributed by atoms with Gasteiger partial charge >= 0.3 is 5.97 Å². The van der Waals surface area contributed by atoms with Gasteiger partial charge in [0.05, 0.1) is 0 Å². The Morgan fingerprint density at radius 3 is 2.68 bits per heavy atom. The molecule has 25 heavy (non-hydrogen) atoms. The Balaban J connectivity index is 1.78. The molecule has 0 radical (unpaired) electrons. The van der Waals surface area contributed by atoms with Crippen LogP contribution in [0.1, 0.15) is 11.1 Å². The van der Waals surface area contributed by atoms with Crippen molar-refractivity contribution in [1.82, 2.24) is 0 Å². The molecule has 0 atom stereocenters. The Morgan fingerprint density at radius 2 is 2.00 bits per heavy atom. The SMILES string of the molecule is NC(=O)COc1ccc(/C=C2\N=C(c3cccc(Cl)c3)OC2=O)cc1. The molecule has 1 aliphatic heterocycles. The van der Waals surface area contributed by atoms with E-state index in [0.717, 1.165) is 5.56 Å². The lowest BCUT2D eigenvalue weighted by Gasteiger charge is -2.03. The van der Waals surface area contributed by atoms with Crippen molar-refractivity contribution in [3.8, 4) is 5.75 Å². The molecule has 0 bridgehead atoms. The Hall–Kier alpha value is -3.12. The lowest BCUT2D eigenvalue weighted by Crippen LogP contribution is -2.19. The van der Waals surface area contributed by atoms with Gasteiger partial charge in [-0.3, -0.25) is 4.79 Å². The number of aliphatic imine (C=N–C) groups is 1. The summed E-state index contributed by atoms with van der Waals surface area (Å²) in [6, 6.07) is 13.7. The van der Waals surface area contributed by atoms with Crippen LogP contribution in [0.3, 0.4) is 0 Å². The summed E-state index contributed by atoms with van der Waals surface area (Å²) in [7, 11) is 0. The van der Waals surface area contributed by atoms with Crippen molar-refractivity contribution in [3.05, 3.63) is 70.4 Å². The summed E-state index contributed by atoms with van der Waals surface area (Å²) in [4.78, 5) is 26.9. The van der Waals surface area contributed by atoms with Crippen molar-refractivity contribution in [1.29, 1.82) is 0 Å². The Bertz CT molecular complexity index is 888.